The van der Waals surface area contributed by atoms with Gasteiger partial charge in [0.25, 0.3) is 0 Å². The molecule has 2 N–H and O–H groups in total. The van der Waals surface area contributed by atoms with E-state index in [0.29, 0.717) is 23.7 Å². The fourth-order valence-corrected chi connectivity index (χ4v) is 5.98. The number of carbonyl (C=O) groups excluding carboxylic acids is 1. The molecule has 2 rings (SSSR count). The van der Waals surface area contributed by atoms with Crippen LogP contribution in [0, 0.1) is 17.3 Å². The zero-order valence-electron chi connectivity index (χ0n) is 14.6. The van der Waals surface area contributed by atoms with Gasteiger partial charge < -0.3 is 10.4 Å². The zero-order valence-corrected chi connectivity index (χ0v) is 15.4. The Hall–Kier alpha value is -0.620. The van der Waals surface area contributed by atoms with Gasteiger partial charge in [0, 0.05) is 13.0 Å². The van der Waals surface area contributed by atoms with Gasteiger partial charge in [-0.15, -0.1) is 0 Å². The molecule has 5 nitrogen and oxygen atoms in total. The second-order valence-corrected chi connectivity index (χ2v) is 10.9. The lowest BCUT2D eigenvalue weighted by atomic mass is 9.67. The second kappa shape index (κ2) is 6.71. The van der Waals surface area contributed by atoms with Crippen LogP contribution in [0.3, 0.4) is 0 Å². The standard InChI is InChI=1S/C17H31NO4S/c1-13-8-14(11-16(2,3)10-13)9-15(19)18-12-17(20)4-6-23(21,22)7-5-17/h13-14,20H,4-12H2,1-3H3,(H,18,19)/t13-,14-/m1/s1. The normalized spacial score (nSPS) is 32.2. The van der Waals surface area contributed by atoms with Crippen LogP contribution in [0.15, 0.2) is 0 Å². The lowest BCUT2D eigenvalue weighted by Crippen LogP contribution is -2.48. The quantitative estimate of drug-likeness (QED) is 0.815. The van der Waals surface area contributed by atoms with Gasteiger partial charge >= 0.3 is 0 Å². The van der Waals surface area contributed by atoms with E-state index < -0.39 is 15.4 Å². The molecule has 0 spiro atoms. The lowest BCUT2D eigenvalue weighted by molar-refractivity contribution is -0.124. The first-order valence-corrected chi connectivity index (χ1v) is 10.5. The number of carbonyl (C=O) groups is 1. The topological polar surface area (TPSA) is 83.5 Å². The number of aliphatic hydroxyl groups is 1. The minimum absolute atomic E-state index is 0.00764. The first-order valence-electron chi connectivity index (χ1n) is 8.68. The van der Waals surface area contributed by atoms with E-state index in [1.807, 2.05) is 0 Å². The number of rotatable bonds is 4. The van der Waals surface area contributed by atoms with Crippen molar-refractivity contribution in [3.05, 3.63) is 0 Å². The van der Waals surface area contributed by atoms with Gasteiger partial charge in [-0.25, -0.2) is 8.42 Å². The van der Waals surface area contributed by atoms with Gasteiger partial charge in [0.05, 0.1) is 17.1 Å². The molecular weight excluding hydrogens is 314 g/mol. The molecule has 1 heterocycles. The van der Waals surface area contributed by atoms with Gasteiger partial charge in [0.1, 0.15) is 0 Å². The Kier molecular flexibility index (Phi) is 5.46. The van der Waals surface area contributed by atoms with Crippen molar-refractivity contribution in [1.82, 2.24) is 5.32 Å². The van der Waals surface area contributed by atoms with Gasteiger partial charge in [-0.05, 0) is 49.4 Å². The molecule has 1 saturated carbocycles. The molecule has 2 atom stereocenters. The van der Waals surface area contributed by atoms with E-state index in [0.717, 1.165) is 12.8 Å². The summed E-state index contributed by atoms with van der Waals surface area (Å²) in [5.41, 5.74) is -0.779. The van der Waals surface area contributed by atoms with E-state index in [9.17, 15) is 18.3 Å². The van der Waals surface area contributed by atoms with Gasteiger partial charge in [0.2, 0.25) is 5.91 Å². The SMILES string of the molecule is C[C@@H]1C[C@H](CC(=O)NCC2(O)CCS(=O)(=O)CC2)CC(C)(C)C1. The van der Waals surface area contributed by atoms with Crippen molar-refractivity contribution in [2.45, 2.75) is 64.9 Å². The van der Waals surface area contributed by atoms with Crippen LogP contribution in [0.4, 0.5) is 0 Å². The summed E-state index contributed by atoms with van der Waals surface area (Å²) >= 11 is 0. The number of hydrogen-bond donors (Lipinski definition) is 2. The summed E-state index contributed by atoms with van der Waals surface area (Å²) in [6, 6.07) is 0. The maximum absolute atomic E-state index is 12.2. The van der Waals surface area contributed by atoms with Crippen LogP contribution in [0.25, 0.3) is 0 Å². The maximum atomic E-state index is 12.2. The summed E-state index contributed by atoms with van der Waals surface area (Å²) in [5, 5.41) is 13.2. The highest BCUT2D eigenvalue weighted by Gasteiger charge is 2.36. The number of sulfone groups is 1. The molecule has 2 aliphatic rings. The summed E-state index contributed by atoms with van der Waals surface area (Å²) in [7, 11) is -3.01. The Morgan fingerprint density at radius 2 is 1.83 bits per heavy atom. The minimum atomic E-state index is -3.01. The van der Waals surface area contributed by atoms with E-state index >= 15 is 0 Å². The van der Waals surface area contributed by atoms with Crippen molar-refractivity contribution in [1.29, 1.82) is 0 Å². The van der Waals surface area contributed by atoms with Crippen molar-refractivity contribution in [2.24, 2.45) is 17.3 Å². The van der Waals surface area contributed by atoms with Gasteiger partial charge in [-0.1, -0.05) is 20.8 Å². The fraction of sp³-hybridized carbons (Fsp3) is 0.941. The van der Waals surface area contributed by atoms with Crippen molar-refractivity contribution in [3.63, 3.8) is 0 Å². The summed E-state index contributed by atoms with van der Waals surface area (Å²) < 4.78 is 22.9. The number of amides is 1. The second-order valence-electron chi connectivity index (χ2n) is 8.64. The van der Waals surface area contributed by atoms with Crippen LogP contribution in [-0.4, -0.2) is 43.1 Å². The molecule has 134 valence electrons. The molecule has 0 bridgehead atoms. The van der Waals surface area contributed by atoms with E-state index in [4.69, 9.17) is 0 Å². The molecule has 1 amide bonds. The Morgan fingerprint density at radius 3 is 2.39 bits per heavy atom. The molecule has 0 unspecified atom stereocenters. The third-order valence-corrected chi connectivity index (χ3v) is 6.98. The summed E-state index contributed by atoms with van der Waals surface area (Å²) in [6.45, 7) is 6.93. The third kappa shape index (κ3) is 5.75. The Balaban J connectivity index is 1.79. The summed E-state index contributed by atoms with van der Waals surface area (Å²) in [6.07, 6.45) is 4.28. The van der Waals surface area contributed by atoms with E-state index in [1.165, 1.54) is 6.42 Å². The monoisotopic (exact) mass is 345 g/mol. The highest BCUT2D eigenvalue weighted by Crippen LogP contribution is 2.42. The van der Waals surface area contributed by atoms with E-state index in [2.05, 4.69) is 26.1 Å². The lowest BCUT2D eigenvalue weighted by Gasteiger charge is -2.39. The van der Waals surface area contributed by atoms with Crippen LogP contribution < -0.4 is 5.32 Å². The van der Waals surface area contributed by atoms with Crippen molar-refractivity contribution in [3.8, 4) is 0 Å². The Bertz CT molecular complexity index is 527. The molecule has 1 aliphatic heterocycles. The molecule has 0 aromatic heterocycles. The third-order valence-electron chi connectivity index (χ3n) is 5.32. The summed E-state index contributed by atoms with van der Waals surface area (Å²) in [4.78, 5) is 12.2. The molecule has 0 aromatic rings. The predicted molar refractivity (Wildman–Crippen MR) is 90.8 cm³/mol. The number of nitrogens with one attached hydrogen (secondary N) is 1. The molecule has 1 aliphatic carbocycles. The van der Waals surface area contributed by atoms with Crippen LogP contribution in [0.5, 0.6) is 0 Å². The van der Waals surface area contributed by atoms with Crippen LogP contribution in [0.1, 0.15) is 59.3 Å². The molecule has 1 saturated heterocycles. The number of hydrogen-bond acceptors (Lipinski definition) is 4. The molecule has 2 fully saturated rings. The Morgan fingerprint density at radius 1 is 1.22 bits per heavy atom. The largest absolute Gasteiger partial charge is 0.388 e. The first kappa shape index (κ1) is 18.7. The molecular formula is C17H31NO4S. The van der Waals surface area contributed by atoms with Crippen LogP contribution in [0.2, 0.25) is 0 Å². The highest BCUT2D eigenvalue weighted by molar-refractivity contribution is 7.91. The molecule has 6 heteroatoms. The molecule has 0 aromatic carbocycles. The smallest absolute Gasteiger partial charge is 0.220 e. The highest BCUT2D eigenvalue weighted by atomic mass is 32.2. The average molecular weight is 346 g/mol. The summed E-state index contributed by atoms with van der Waals surface area (Å²) in [5.74, 6) is 1.03. The predicted octanol–water partition coefficient (Wildman–Crippen LogP) is 1.89. The minimum Gasteiger partial charge on any atom is -0.388 e. The first-order chi connectivity index (χ1) is 10.5. The van der Waals surface area contributed by atoms with Gasteiger partial charge in [0.15, 0.2) is 9.84 Å². The average Bonchev–Trinajstić information content (AvgIpc) is 2.38. The fourth-order valence-electron chi connectivity index (χ4n) is 4.39. The molecule has 0 radical (unpaired) electrons. The zero-order chi connectivity index (χ0) is 17.3. The molecule has 23 heavy (non-hydrogen) atoms. The van der Waals surface area contributed by atoms with E-state index in [1.54, 1.807) is 0 Å². The van der Waals surface area contributed by atoms with Crippen molar-refractivity contribution in [2.75, 3.05) is 18.1 Å². The maximum Gasteiger partial charge on any atom is 0.220 e. The van der Waals surface area contributed by atoms with Crippen LogP contribution >= 0.6 is 0 Å². The van der Waals surface area contributed by atoms with Gasteiger partial charge in [-0.3, -0.25) is 4.79 Å². The van der Waals surface area contributed by atoms with Crippen LogP contribution in [-0.2, 0) is 14.6 Å². The van der Waals surface area contributed by atoms with Crippen molar-refractivity contribution < 1.29 is 18.3 Å². The van der Waals surface area contributed by atoms with E-state index in [-0.39, 0.29) is 36.8 Å². The van der Waals surface area contributed by atoms with Gasteiger partial charge in [-0.2, -0.15) is 0 Å². The Labute approximate surface area is 140 Å². The van der Waals surface area contributed by atoms with Crippen molar-refractivity contribution >= 4 is 15.7 Å².